The largest absolute Gasteiger partial charge is 0.496 e. The van der Waals surface area contributed by atoms with E-state index in [-0.39, 0.29) is 10.8 Å². The molecule has 5 nitrogen and oxygen atoms in total. The van der Waals surface area contributed by atoms with Gasteiger partial charge in [0, 0.05) is 19.2 Å². The number of nitrogens with one attached hydrogen (secondary N) is 1. The number of amides is 1. The minimum atomic E-state index is -3.20. The van der Waals surface area contributed by atoms with Crippen LogP contribution in [0.1, 0.15) is 17.5 Å². The molecule has 0 radical (unpaired) electrons. The van der Waals surface area contributed by atoms with Crippen molar-refractivity contribution >= 4 is 15.7 Å². The molecule has 2 aromatic rings. The molecule has 0 atom stereocenters. The zero-order chi connectivity index (χ0) is 17.6. The highest BCUT2D eigenvalue weighted by atomic mass is 32.2. The maximum atomic E-state index is 12.0. The summed E-state index contributed by atoms with van der Waals surface area (Å²) in [6, 6.07) is 14.1. The second-order valence-corrected chi connectivity index (χ2v) is 7.52. The molecule has 0 aromatic heterocycles. The minimum absolute atomic E-state index is 0.0619. The van der Waals surface area contributed by atoms with E-state index in [1.54, 1.807) is 31.4 Å². The van der Waals surface area contributed by atoms with Crippen LogP contribution in [0.3, 0.4) is 0 Å². The van der Waals surface area contributed by atoms with Crippen molar-refractivity contribution in [3.63, 3.8) is 0 Å². The van der Waals surface area contributed by atoms with Gasteiger partial charge in [-0.3, -0.25) is 4.79 Å². The van der Waals surface area contributed by atoms with Crippen molar-refractivity contribution in [3.05, 3.63) is 59.7 Å². The van der Waals surface area contributed by atoms with Gasteiger partial charge >= 0.3 is 0 Å². The topological polar surface area (TPSA) is 72.5 Å². The van der Waals surface area contributed by atoms with Crippen LogP contribution in [0.2, 0.25) is 0 Å². The molecule has 0 aliphatic carbocycles. The summed E-state index contributed by atoms with van der Waals surface area (Å²) in [6.07, 6.45) is 2.13. The van der Waals surface area contributed by atoms with E-state index in [2.05, 4.69) is 5.32 Å². The third-order valence-electron chi connectivity index (χ3n) is 3.66. The number of sulfone groups is 1. The monoisotopic (exact) mass is 347 g/mol. The second-order valence-electron chi connectivity index (χ2n) is 5.50. The molecule has 0 spiro atoms. The summed E-state index contributed by atoms with van der Waals surface area (Å²) in [6.45, 7) is 0.370. The third-order valence-corrected chi connectivity index (χ3v) is 4.78. The van der Waals surface area contributed by atoms with Crippen LogP contribution in [0.25, 0.3) is 0 Å². The molecule has 0 aliphatic rings. The molecule has 0 heterocycles. The number of para-hydroxylation sites is 1. The molecule has 24 heavy (non-hydrogen) atoms. The molecule has 0 aliphatic heterocycles. The van der Waals surface area contributed by atoms with Crippen LogP contribution >= 0.6 is 0 Å². The van der Waals surface area contributed by atoms with Gasteiger partial charge in [0.1, 0.15) is 5.75 Å². The highest BCUT2D eigenvalue weighted by Crippen LogP contribution is 2.18. The summed E-state index contributed by atoms with van der Waals surface area (Å²) >= 11 is 0. The van der Waals surface area contributed by atoms with Crippen LogP contribution in [0, 0.1) is 0 Å². The van der Waals surface area contributed by atoms with E-state index >= 15 is 0 Å². The lowest BCUT2D eigenvalue weighted by atomic mass is 10.1. The van der Waals surface area contributed by atoms with Crippen LogP contribution in [0.4, 0.5) is 0 Å². The van der Waals surface area contributed by atoms with Crippen molar-refractivity contribution in [2.75, 3.05) is 13.4 Å². The number of rotatable bonds is 7. The molecule has 128 valence electrons. The van der Waals surface area contributed by atoms with Gasteiger partial charge in [-0.2, -0.15) is 0 Å². The molecule has 1 amide bonds. The van der Waals surface area contributed by atoms with E-state index < -0.39 is 9.84 Å². The van der Waals surface area contributed by atoms with E-state index in [0.29, 0.717) is 19.4 Å². The first-order valence-electron chi connectivity index (χ1n) is 7.58. The number of carbonyl (C=O) groups excluding carboxylic acids is 1. The Balaban J connectivity index is 1.85. The lowest BCUT2D eigenvalue weighted by Crippen LogP contribution is -2.23. The lowest BCUT2D eigenvalue weighted by molar-refractivity contribution is -0.121. The van der Waals surface area contributed by atoms with Crippen LogP contribution in [-0.2, 0) is 27.6 Å². The van der Waals surface area contributed by atoms with E-state index in [9.17, 15) is 13.2 Å². The fraction of sp³-hybridized carbons (Fsp3) is 0.278. The SMILES string of the molecule is COc1ccccc1CCC(=O)NCc1ccc(S(C)(=O)=O)cc1. The highest BCUT2D eigenvalue weighted by molar-refractivity contribution is 7.90. The second kappa shape index (κ2) is 7.97. The zero-order valence-corrected chi connectivity index (χ0v) is 14.6. The van der Waals surface area contributed by atoms with Gasteiger partial charge < -0.3 is 10.1 Å². The van der Waals surface area contributed by atoms with Crippen LogP contribution in [-0.4, -0.2) is 27.7 Å². The maximum Gasteiger partial charge on any atom is 0.220 e. The molecule has 0 unspecified atom stereocenters. The number of ether oxygens (including phenoxy) is 1. The predicted molar refractivity (Wildman–Crippen MR) is 92.7 cm³/mol. The van der Waals surface area contributed by atoms with E-state index in [1.807, 2.05) is 24.3 Å². The van der Waals surface area contributed by atoms with Crippen molar-refractivity contribution in [2.24, 2.45) is 0 Å². The average molecular weight is 347 g/mol. The fourth-order valence-electron chi connectivity index (χ4n) is 2.30. The number of hydrogen-bond donors (Lipinski definition) is 1. The Morgan fingerprint density at radius 2 is 1.75 bits per heavy atom. The Kier molecular flexibility index (Phi) is 5.98. The van der Waals surface area contributed by atoms with Gasteiger partial charge in [-0.25, -0.2) is 8.42 Å². The molecule has 0 saturated heterocycles. The van der Waals surface area contributed by atoms with Gasteiger partial charge in [-0.1, -0.05) is 30.3 Å². The predicted octanol–water partition coefficient (Wildman–Crippen LogP) is 2.35. The molecular weight excluding hydrogens is 326 g/mol. The number of hydrogen-bond acceptors (Lipinski definition) is 4. The first kappa shape index (κ1) is 18.0. The number of aryl methyl sites for hydroxylation is 1. The summed E-state index contributed by atoms with van der Waals surface area (Å²) in [5.74, 6) is 0.717. The standard InChI is InChI=1S/C18H21NO4S/c1-23-17-6-4-3-5-15(17)9-12-18(20)19-13-14-7-10-16(11-8-14)24(2,21)22/h3-8,10-11H,9,12-13H2,1-2H3,(H,19,20). The quantitative estimate of drug-likeness (QED) is 0.834. The molecule has 1 N–H and O–H groups in total. The normalized spacial score (nSPS) is 11.1. The van der Waals surface area contributed by atoms with Gasteiger partial charge in [0.15, 0.2) is 9.84 Å². The van der Waals surface area contributed by atoms with Gasteiger partial charge in [-0.15, -0.1) is 0 Å². The Labute approximate surface area is 142 Å². The van der Waals surface area contributed by atoms with Gasteiger partial charge in [0.05, 0.1) is 12.0 Å². The van der Waals surface area contributed by atoms with Crippen molar-refractivity contribution in [2.45, 2.75) is 24.3 Å². The Morgan fingerprint density at radius 1 is 1.08 bits per heavy atom. The lowest BCUT2D eigenvalue weighted by Gasteiger charge is -2.09. The van der Waals surface area contributed by atoms with E-state index in [1.165, 1.54) is 6.26 Å². The summed E-state index contributed by atoms with van der Waals surface area (Å²) in [7, 11) is -1.59. The Bertz CT molecular complexity index is 798. The molecule has 0 saturated carbocycles. The van der Waals surface area contributed by atoms with Gasteiger partial charge in [0.25, 0.3) is 0 Å². The molecule has 2 aromatic carbocycles. The molecular formula is C18H21NO4S. The van der Waals surface area contributed by atoms with Crippen LogP contribution in [0.15, 0.2) is 53.4 Å². The summed E-state index contributed by atoms with van der Waals surface area (Å²) in [4.78, 5) is 12.2. The maximum absolute atomic E-state index is 12.0. The summed E-state index contributed by atoms with van der Waals surface area (Å²) in [5.41, 5.74) is 1.85. The molecule has 0 fully saturated rings. The van der Waals surface area contributed by atoms with Crippen molar-refractivity contribution in [3.8, 4) is 5.75 Å². The summed E-state index contributed by atoms with van der Waals surface area (Å²) in [5, 5.41) is 2.84. The first-order valence-corrected chi connectivity index (χ1v) is 9.47. The van der Waals surface area contributed by atoms with E-state index in [0.717, 1.165) is 16.9 Å². The smallest absolute Gasteiger partial charge is 0.220 e. The number of carbonyl (C=O) groups is 1. The molecule has 0 bridgehead atoms. The van der Waals surface area contributed by atoms with Crippen LogP contribution < -0.4 is 10.1 Å². The zero-order valence-electron chi connectivity index (χ0n) is 13.8. The molecule has 2 rings (SSSR count). The van der Waals surface area contributed by atoms with Crippen molar-refractivity contribution < 1.29 is 17.9 Å². The van der Waals surface area contributed by atoms with Gasteiger partial charge in [-0.05, 0) is 35.7 Å². The Hall–Kier alpha value is -2.34. The summed E-state index contributed by atoms with van der Waals surface area (Å²) < 4.78 is 28.1. The molecule has 6 heteroatoms. The third kappa shape index (κ3) is 5.09. The highest BCUT2D eigenvalue weighted by Gasteiger charge is 2.08. The average Bonchev–Trinajstić information content (AvgIpc) is 2.58. The number of benzene rings is 2. The Morgan fingerprint density at radius 3 is 2.38 bits per heavy atom. The first-order chi connectivity index (χ1) is 11.4. The van der Waals surface area contributed by atoms with E-state index in [4.69, 9.17) is 4.74 Å². The number of methoxy groups -OCH3 is 1. The van der Waals surface area contributed by atoms with Crippen LogP contribution in [0.5, 0.6) is 5.75 Å². The fourth-order valence-corrected chi connectivity index (χ4v) is 2.93. The van der Waals surface area contributed by atoms with Crippen molar-refractivity contribution in [1.29, 1.82) is 0 Å². The minimum Gasteiger partial charge on any atom is -0.496 e. The van der Waals surface area contributed by atoms with Crippen molar-refractivity contribution in [1.82, 2.24) is 5.32 Å². The van der Waals surface area contributed by atoms with Gasteiger partial charge in [0.2, 0.25) is 5.91 Å².